The minimum atomic E-state index is 0.828. The summed E-state index contributed by atoms with van der Waals surface area (Å²) in [4.78, 5) is 11.1. The first-order chi connectivity index (χ1) is 8.20. The molecule has 2 nitrogen and oxygen atoms in total. The lowest BCUT2D eigenvalue weighted by Crippen LogP contribution is -2.01. The second-order valence-electron chi connectivity index (χ2n) is 4.10. The van der Waals surface area contributed by atoms with E-state index in [0.717, 1.165) is 11.4 Å². The molecule has 0 saturated carbocycles. The average molecular weight is 224 g/mol. The van der Waals surface area contributed by atoms with E-state index in [-0.39, 0.29) is 0 Å². The molecule has 2 aromatic rings. The zero-order chi connectivity index (χ0) is 12.3. The van der Waals surface area contributed by atoms with Crippen LogP contribution in [0.25, 0.3) is 0 Å². The van der Waals surface area contributed by atoms with Gasteiger partial charge in [0.15, 0.2) is 0 Å². The number of nitrogens with zero attached hydrogens (tertiary/aromatic N) is 1. The van der Waals surface area contributed by atoms with Crippen LogP contribution in [0, 0.1) is 13.8 Å². The summed E-state index contributed by atoms with van der Waals surface area (Å²) in [6, 6.07) is 15.6. The highest BCUT2D eigenvalue weighted by molar-refractivity contribution is 5.62. The van der Waals surface area contributed by atoms with E-state index < -0.39 is 0 Å². The second-order valence-corrected chi connectivity index (χ2v) is 4.10. The van der Waals surface area contributed by atoms with Crippen LogP contribution >= 0.6 is 0 Å². The van der Waals surface area contributed by atoms with Crippen molar-refractivity contribution in [1.29, 1.82) is 0 Å². The summed E-state index contributed by atoms with van der Waals surface area (Å²) in [5.41, 5.74) is 4.00. The van der Waals surface area contributed by atoms with E-state index >= 15 is 0 Å². The van der Waals surface area contributed by atoms with Crippen molar-refractivity contribution in [3.8, 4) is 0 Å². The van der Waals surface area contributed by atoms with Crippen LogP contribution in [0.4, 0.5) is 11.4 Å². The van der Waals surface area contributed by atoms with Gasteiger partial charge in [-0.15, -0.1) is 0 Å². The Morgan fingerprint density at radius 1 is 0.765 bits per heavy atom. The summed E-state index contributed by atoms with van der Waals surface area (Å²) in [7, 11) is 0. The van der Waals surface area contributed by atoms with E-state index in [4.69, 9.17) is 0 Å². The lowest BCUT2D eigenvalue weighted by Gasteiger charge is -1.98. The van der Waals surface area contributed by atoms with Crippen molar-refractivity contribution in [2.24, 2.45) is 0 Å². The molecule has 0 heterocycles. The molecular weight excluding hydrogens is 210 g/mol. The van der Waals surface area contributed by atoms with E-state index in [2.05, 4.69) is 0 Å². The molecule has 0 aromatic heterocycles. The summed E-state index contributed by atoms with van der Waals surface area (Å²) in [5, 5.41) is 0. The van der Waals surface area contributed by atoms with E-state index in [1.54, 1.807) is 0 Å². The van der Waals surface area contributed by atoms with Crippen molar-refractivity contribution < 1.29 is 4.79 Å². The van der Waals surface area contributed by atoms with Crippen molar-refractivity contribution in [1.82, 2.24) is 4.58 Å². The van der Waals surface area contributed by atoms with Gasteiger partial charge in [-0.3, -0.25) is 0 Å². The van der Waals surface area contributed by atoms with Crippen LogP contribution in [0.5, 0.6) is 0 Å². The minimum absolute atomic E-state index is 0.828. The molecular formula is C15H14NO+. The summed E-state index contributed by atoms with van der Waals surface area (Å²) >= 11 is 0. The first-order valence-corrected chi connectivity index (χ1v) is 5.52. The highest BCUT2D eigenvalue weighted by Gasteiger charge is 2.13. The second kappa shape index (κ2) is 4.77. The number of hydrogen-bond donors (Lipinski definition) is 0. The Labute approximate surface area is 101 Å². The first-order valence-electron chi connectivity index (χ1n) is 5.52. The maximum atomic E-state index is 11.1. The quantitative estimate of drug-likeness (QED) is 0.434. The normalized spacial score (nSPS) is 9.76. The SMILES string of the molecule is Cc1ccc([N+](=C=O)c2ccc(C)cc2)cc1. The van der Waals surface area contributed by atoms with Gasteiger partial charge >= 0.3 is 6.08 Å². The Morgan fingerprint density at radius 3 is 1.41 bits per heavy atom. The molecule has 0 N–H and O–H groups in total. The maximum absolute atomic E-state index is 11.1. The molecule has 0 aliphatic rings. The molecule has 2 heteroatoms. The first kappa shape index (κ1) is 11.3. The molecule has 17 heavy (non-hydrogen) atoms. The van der Waals surface area contributed by atoms with Gasteiger partial charge in [0.1, 0.15) is 0 Å². The van der Waals surface area contributed by atoms with Gasteiger partial charge in [-0.1, -0.05) is 40.0 Å². The standard InChI is InChI=1S/C15H14NO/c1-12-3-7-14(8-4-12)16(11-17)15-9-5-13(2)6-10-15/h3-10H,1-2H3/q+1. The molecule has 0 aliphatic carbocycles. The molecule has 84 valence electrons. The van der Waals surface area contributed by atoms with Gasteiger partial charge in [0.25, 0.3) is 0 Å². The predicted octanol–water partition coefficient (Wildman–Crippen LogP) is 3.47. The van der Waals surface area contributed by atoms with Crippen LogP contribution < -0.4 is 4.58 Å². The Hall–Kier alpha value is -2.18. The van der Waals surface area contributed by atoms with Gasteiger partial charge in [0.05, 0.1) is 0 Å². The minimum Gasteiger partial charge on any atom is -0.158 e. The van der Waals surface area contributed by atoms with Crippen LogP contribution in [0.15, 0.2) is 48.5 Å². The molecule has 2 rings (SSSR count). The monoisotopic (exact) mass is 224 g/mol. The number of aryl methyl sites for hydroxylation is 2. The zero-order valence-electron chi connectivity index (χ0n) is 9.97. The third kappa shape index (κ3) is 2.49. The van der Waals surface area contributed by atoms with E-state index in [0.29, 0.717) is 0 Å². The van der Waals surface area contributed by atoms with E-state index in [1.807, 2.05) is 68.5 Å². The van der Waals surface area contributed by atoms with Crippen LogP contribution in [-0.2, 0) is 4.79 Å². The molecule has 0 spiro atoms. The van der Waals surface area contributed by atoms with Crippen LogP contribution in [0.2, 0.25) is 0 Å². The Kier molecular flexibility index (Phi) is 3.17. The fourth-order valence-corrected chi connectivity index (χ4v) is 1.64. The van der Waals surface area contributed by atoms with Crippen molar-refractivity contribution in [2.75, 3.05) is 0 Å². The third-order valence-electron chi connectivity index (χ3n) is 2.68. The van der Waals surface area contributed by atoms with Gasteiger partial charge in [-0.25, -0.2) is 0 Å². The highest BCUT2D eigenvalue weighted by atomic mass is 16.1. The molecule has 0 fully saturated rings. The van der Waals surface area contributed by atoms with Crippen molar-refractivity contribution in [3.63, 3.8) is 0 Å². The fraction of sp³-hybridized carbons (Fsp3) is 0.133. The van der Waals surface area contributed by atoms with Gasteiger partial charge in [-0.05, 0) is 13.8 Å². The average Bonchev–Trinajstić information content (AvgIpc) is 2.35. The summed E-state index contributed by atoms with van der Waals surface area (Å²) < 4.78 is 1.51. The fourth-order valence-electron chi connectivity index (χ4n) is 1.64. The van der Waals surface area contributed by atoms with Gasteiger partial charge in [-0.2, -0.15) is 4.79 Å². The summed E-state index contributed by atoms with van der Waals surface area (Å²) in [6.45, 7) is 4.04. The van der Waals surface area contributed by atoms with Crippen molar-refractivity contribution >= 4 is 17.5 Å². The largest absolute Gasteiger partial charge is 0.437 e. The summed E-state index contributed by atoms with van der Waals surface area (Å²) in [6.07, 6.45) is 1.96. The lowest BCUT2D eigenvalue weighted by atomic mass is 10.2. The lowest BCUT2D eigenvalue weighted by molar-refractivity contribution is 0.558. The Bertz CT molecular complexity index is 513. The molecule has 0 radical (unpaired) electrons. The van der Waals surface area contributed by atoms with E-state index in [9.17, 15) is 4.79 Å². The Balaban J connectivity index is 2.44. The van der Waals surface area contributed by atoms with Gasteiger partial charge in [0.2, 0.25) is 11.4 Å². The van der Waals surface area contributed by atoms with Crippen LogP contribution in [0.1, 0.15) is 11.1 Å². The number of hydrogen-bond acceptors (Lipinski definition) is 1. The highest BCUT2D eigenvalue weighted by Crippen LogP contribution is 2.20. The number of benzene rings is 2. The number of carbonyl (C=O) groups excluding carboxylic acids is 1. The number of isocyanates is 1. The van der Waals surface area contributed by atoms with E-state index in [1.165, 1.54) is 15.7 Å². The molecule has 0 bridgehead atoms. The molecule has 0 aliphatic heterocycles. The van der Waals surface area contributed by atoms with Crippen LogP contribution in [0.3, 0.4) is 0 Å². The molecule has 0 amide bonds. The summed E-state index contributed by atoms with van der Waals surface area (Å²) in [5.74, 6) is 0. The Morgan fingerprint density at radius 2 is 1.12 bits per heavy atom. The molecule has 0 saturated heterocycles. The van der Waals surface area contributed by atoms with Crippen molar-refractivity contribution in [3.05, 3.63) is 59.7 Å². The third-order valence-corrected chi connectivity index (χ3v) is 2.68. The molecule has 2 aromatic carbocycles. The predicted molar refractivity (Wildman–Crippen MR) is 69.5 cm³/mol. The van der Waals surface area contributed by atoms with Crippen LogP contribution in [-0.4, -0.2) is 6.08 Å². The van der Waals surface area contributed by atoms with Gasteiger partial charge < -0.3 is 0 Å². The van der Waals surface area contributed by atoms with Gasteiger partial charge in [0, 0.05) is 24.3 Å². The molecule has 0 atom stereocenters. The number of rotatable bonds is 2. The zero-order valence-corrected chi connectivity index (χ0v) is 9.97. The smallest absolute Gasteiger partial charge is 0.158 e. The topological polar surface area (TPSA) is 20.1 Å². The maximum Gasteiger partial charge on any atom is 0.437 e. The molecule has 0 unspecified atom stereocenters. The van der Waals surface area contributed by atoms with Crippen molar-refractivity contribution in [2.45, 2.75) is 13.8 Å².